The van der Waals surface area contributed by atoms with Crippen molar-refractivity contribution in [2.45, 2.75) is 32.0 Å². The molecule has 0 fully saturated rings. The molecule has 2 nitrogen and oxygen atoms in total. The molecule has 1 aliphatic rings. The van der Waals surface area contributed by atoms with Crippen LogP contribution in [0.1, 0.15) is 19.4 Å². The number of rotatable bonds is 0. The number of hydrogen-bond acceptors (Lipinski definition) is 2. The van der Waals surface area contributed by atoms with E-state index in [1.54, 1.807) is 6.07 Å². The lowest BCUT2D eigenvalue weighted by molar-refractivity contribution is -0.0412. The Bertz CT molecular complexity index is 360. The summed E-state index contributed by atoms with van der Waals surface area (Å²) in [4.78, 5) is 0. The van der Waals surface area contributed by atoms with E-state index in [1.807, 2.05) is 13.8 Å². The van der Waals surface area contributed by atoms with Crippen LogP contribution in [-0.4, -0.2) is 16.8 Å². The number of benzene rings is 1. The fraction of sp³-hybridized carbons (Fsp3) is 0.455. The lowest BCUT2D eigenvalue weighted by Crippen LogP contribution is -2.46. The van der Waals surface area contributed by atoms with Crippen molar-refractivity contribution in [3.05, 3.63) is 29.6 Å². The molecule has 0 bridgehead atoms. The molecule has 0 aromatic heterocycles. The van der Waals surface area contributed by atoms with E-state index in [1.165, 1.54) is 12.1 Å². The third kappa shape index (κ3) is 1.48. The van der Waals surface area contributed by atoms with Crippen LogP contribution in [0.4, 0.5) is 4.39 Å². The van der Waals surface area contributed by atoms with E-state index in [2.05, 4.69) is 0 Å². The molecule has 1 heterocycles. The molecule has 1 aromatic carbocycles. The zero-order chi connectivity index (χ0) is 10.3. The summed E-state index contributed by atoms with van der Waals surface area (Å²) in [5, 5.41) is 9.73. The second-order valence-corrected chi connectivity index (χ2v) is 4.18. The molecule has 1 aliphatic heterocycles. The van der Waals surface area contributed by atoms with Crippen molar-refractivity contribution in [3.8, 4) is 5.75 Å². The van der Waals surface area contributed by atoms with Gasteiger partial charge in [-0.15, -0.1) is 0 Å². The van der Waals surface area contributed by atoms with Crippen molar-refractivity contribution >= 4 is 0 Å². The Balaban J connectivity index is 2.41. The standard InChI is InChI=1S/C11H13FO2/c1-11(2)10(13)6-7-5-8(12)3-4-9(7)14-11/h3-5,10,13H,6H2,1-2H3/t10-/m1/s1. The van der Waals surface area contributed by atoms with Crippen LogP contribution in [0.3, 0.4) is 0 Å². The highest BCUT2D eigenvalue weighted by Crippen LogP contribution is 2.33. The van der Waals surface area contributed by atoms with Crippen molar-refractivity contribution in [2.75, 3.05) is 0 Å². The second-order valence-electron chi connectivity index (χ2n) is 4.18. The first-order valence-electron chi connectivity index (χ1n) is 4.64. The van der Waals surface area contributed by atoms with Gasteiger partial charge in [-0.25, -0.2) is 4.39 Å². The van der Waals surface area contributed by atoms with Gasteiger partial charge in [-0.1, -0.05) is 0 Å². The first-order valence-corrected chi connectivity index (χ1v) is 4.64. The minimum atomic E-state index is -0.592. The number of aliphatic hydroxyl groups is 1. The zero-order valence-electron chi connectivity index (χ0n) is 8.25. The highest BCUT2D eigenvalue weighted by Gasteiger charge is 2.35. The Labute approximate surface area is 82.3 Å². The summed E-state index contributed by atoms with van der Waals surface area (Å²) in [6, 6.07) is 4.39. The Morgan fingerprint density at radius 3 is 2.93 bits per heavy atom. The summed E-state index contributed by atoms with van der Waals surface area (Å²) in [5.41, 5.74) is 0.141. The van der Waals surface area contributed by atoms with Crippen molar-refractivity contribution in [2.24, 2.45) is 0 Å². The van der Waals surface area contributed by atoms with Crippen molar-refractivity contribution in [3.63, 3.8) is 0 Å². The van der Waals surface area contributed by atoms with Crippen LogP contribution < -0.4 is 4.74 Å². The van der Waals surface area contributed by atoms with E-state index in [4.69, 9.17) is 4.74 Å². The smallest absolute Gasteiger partial charge is 0.129 e. The Kier molecular flexibility index (Phi) is 2.00. The quantitative estimate of drug-likeness (QED) is 0.686. The van der Waals surface area contributed by atoms with Gasteiger partial charge in [0.1, 0.15) is 17.2 Å². The van der Waals surface area contributed by atoms with Crippen molar-refractivity contribution in [1.29, 1.82) is 0 Å². The van der Waals surface area contributed by atoms with Gasteiger partial charge in [-0.3, -0.25) is 0 Å². The van der Waals surface area contributed by atoms with Gasteiger partial charge in [0, 0.05) is 6.42 Å². The van der Waals surface area contributed by atoms with Crippen LogP contribution >= 0.6 is 0 Å². The maximum atomic E-state index is 12.9. The lowest BCUT2D eigenvalue weighted by Gasteiger charge is -2.36. The van der Waals surface area contributed by atoms with Gasteiger partial charge in [-0.05, 0) is 37.6 Å². The molecule has 76 valence electrons. The molecule has 1 N–H and O–H groups in total. The van der Waals surface area contributed by atoms with Crippen LogP contribution in [0.5, 0.6) is 5.75 Å². The van der Waals surface area contributed by atoms with Crippen LogP contribution in [0.15, 0.2) is 18.2 Å². The molecule has 0 amide bonds. The van der Waals surface area contributed by atoms with Gasteiger partial charge in [0.05, 0.1) is 6.10 Å². The molecule has 0 saturated heterocycles. The highest BCUT2D eigenvalue weighted by atomic mass is 19.1. The van der Waals surface area contributed by atoms with E-state index in [0.717, 1.165) is 5.56 Å². The molecule has 0 unspecified atom stereocenters. The Morgan fingerprint density at radius 2 is 2.21 bits per heavy atom. The number of aliphatic hydroxyl groups excluding tert-OH is 1. The number of hydrogen-bond donors (Lipinski definition) is 1. The third-order valence-corrected chi connectivity index (χ3v) is 2.61. The highest BCUT2D eigenvalue weighted by molar-refractivity contribution is 5.37. The van der Waals surface area contributed by atoms with E-state index < -0.39 is 11.7 Å². The van der Waals surface area contributed by atoms with Gasteiger partial charge >= 0.3 is 0 Å². The Morgan fingerprint density at radius 1 is 1.50 bits per heavy atom. The molecule has 0 spiro atoms. The fourth-order valence-electron chi connectivity index (χ4n) is 1.61. The molecule has 0 aliphatic carbocycles. The summed E-state index contributed by atoms with van der Waals surface area (Å²) in [7, 11) is 0. The summed E-state index contributed by atoms with van der Waals surface area (Å²) >= 11 is 0. The van der Waals surface area contributed by atoms with Crippen molar-refractivity contribution in [1.82, 2.24) is 0 Å². The molecule has 0 radical (unpaired) electrons. The molecular weight excluding hydrogens is 183 g/mol. The van der Waals surface area contributed by atoms with Gasteiger partial charge in [0.2, 0.25) is 0 Å². The monoisotopic (exact) mass is 196 g/mol. The second kappa shape index (κ2) is 2.95. The first kappa shape index (κ1) is 9.46. The van der Waals surface area contributed by atoms with E-state index in [9.17, 15) is 9.50 Å². The summed E-state index contributed by atoms with van der Waals surface area (Å²) in [6.45, 7) is 3.65. The van der Waals surface area contributed by atoms with Crippen LogP contribution in [-0.2, 0) is 6.42 Å². The molecular formula is C11H13FO2. The largest absolute Gasteiger partial charge is 0.485 e. The maximum Gasteiger partial charge on any atom is 0.129 e. The summed E-state index contributed by atoms with van der Waals surface area (Å²) < 4.78 is 18.4. The van der Waals surface area contributed by atoms with E-state index in [0.29, 0.717) is 12.2 Å². The van der Waals surface area contributed by atoms with Gasteiger partial charge in [0.15, 0.2) is 0 Å². The van der Waals surface area contributed by atoms with Crippen LogP contribution in [0.25, 0.3) is 0 Å². The van der Waals surface area contributed by atoms with Crippen molar-refractivity contribution < 1.29 is 14.2 Å². The Hall–Kier alpha value is -1.09. The maximum absolute atomic E-state index is 12.9. The lowest BCUT2D eigenvalue weighted by atomic mass is 9.91. The number of halogens is 1. The molecule has 2 rings (SSSR count). The van der Waals surface area contributed by atoms with E-state index in [-0.39, 0.29) is 5.82 Å². The fourth-order valence-corrected chi connectivity index (χ4v) is 1.61. The average Bonchev–Trinajstić information content (AvgIpc) is 2.08. The van der Waals surface area contributed by atoms with Gasteiger partial charge < -0.3 is 9.84 Å². The number of ether oxygens (including phenoxy) is 1. The topological polar surface area (TPSA) is 29.5 Å². The van der Waals surface area contributed by atoms with E-state index >= 15 is 0 Å². The zero-order valence-corrected chi connectivity index (χ0v) is 8.25. The summed E-state index contributed by atoms with van der Waals surface area (Å²) in [6.07, 6.45) is -0.142. The molecule has 14 heavy (non-hydrogen) atoms. The number of fused-ring (bicyclic) bond motifs is 1. The van der Waals surface area contributed by atoms with Crippen LogP contribution in [0.2, 0.25) is 0 Å². The first-order chi connectivity index (χ1) is 6.49. The normalized spacial score (nSPS) is 23.9. The summed E-state index contributed by atoms with van der Waals surface area (Å²) in [5.74, 6) is 0.376. The predicted molar refractivity (Wildman–Crippen MR) is 50.8 cm³/mol. The molecule has 3 heteroatoms. The average molecular weight is 196 g/mol. The SMILES string of the molecule is CC1(C)Oc2ccc(F)cc2C[C@H]1O. The molecule has 0 saturated carbocycles. The molecule has 1 atom stereocenters. The minimum absolute atomic E-state index is 0.292. The third-order valence-electron chi connectivity index (χ3n) is 2.61. The minimum Gasteiger partial charge on any atom is -0.485 e. The predicted octanol–water partition coefficient (Wildman–Crippen LogP) is 1.90. The van der Waals surface area contributed by atoms with Gasteiger partial charge in [-0.2, -0.15) is 0 Å². The molecule has 1 aromatic rings. The van der Waals surface area contributed by atoms with Crippen LogP contribution in [0, 0.1) is 5.82 Å². The van der Waals surface area contributed by atoms with Gasteiger partial charge in [0.25, 0.3) is 0 Å².